The van der Waals surface area contributed by atoms with Crippen LogP contribution in [0.3, 0.4) is 0 Å². The maximum absolute atomic E-state index is 14.1. The van der Waals surface area contributed by atoms with E-state index in [1.807, 2.05) is 73.7 Å². The van der Waals surface area contributed by atoms with Crippen molar-refractivity contribution in [2.24, 2.45) is 11.5 Å². The van der Waals surface area contributed by atoms with E-state index in [1.54, 1.807) is 25.1 Å². The number of nitrogens with two attached hydrogens (primary N) is 2. The normalized spacial score (nSPS) is 17.0. The summed E-state index contributed by atoms with van der Waals surface area (Å²) in [5.74, 6) is -0.790. The molecule has 54 heavy (non-hydrogen) atoms. The second kappa shape index (κ2) is 18.6. The summed E-state index contributed by atoms with van der Waals surface area (Å²) in [6.45, 7) is 4.17. The van der Waals surface area contributed by atoms with E-state index in [0.29, 0.717) is 46.2 Å². The zero-order chi connectivity index (χ0) is 38.8. The Labute approximate surface area is 320 Å². The van der Waals surface area contributed by atoms with Gasteiger partial charge in [0, 0.05) is 42.3 Å². The number of hydrogen-bond donors (Lipinski definition) is 5. The largest absolute Gasteiger partial charge is 0.492 e. The first-order valence-corrected chi connectivity index (χ1v) is 18.3. The molecule has 284 valence electrons. The molecule has 1 heterocycles. The average molecular weight is 755 g/mol. The lowest BCUT2D eigenvalue weighted by molar-refractivity contribution is -0.140. The summed E-state index contributed by atoms with van der Waals surface area (Å²) < 4.78 is 12.1. The van der Waals surface area contributed by atoms with Gasteiger partial charge in [-0.15, -0.1) is 0 Å². The van der Waals surface area contributed by atoms with Gasteiger partial charge in [0.1, 0.15) is 36.8 Å². The van der Waals surface area contributed by atoms with Crippen molar-refractivity contribution in [3.8, 4) is 33.8 Å². The minimum absolute atomic E-state index is 0.0497. The van der Waals surface area contributed by atoms with Crippen LogP contribution in [-0.2, 0) is 32.0 Å². The summed E-state index contributed by atoms with van der Waals surface area (Å²) in [7, 11) is 1.49. The summed E-state index contributed by atoms with van der Waals surface area (Å²) in [5.41, 5.74) is 17.0. The average Bonchev–Trinajstić information content (AvgIpc) is 3.16. The number of fused-ring (bicyclic) bond motifs is 5. The Morgan fingerprint density at radius 2 is 1.41 bits per heavy atom. The molecule has 0 saturated heterocycles. The van der Waals surface area contributed by atoms with E-state index in [0.717, 1.165) is 22.3 Å². The molecule has 1 aliphatic heterocycles. The molecule has 0 aromatic heterocycles. The standard InChI is InChI=1S/C41H47ClN6O6/c1-25-20-28-6-14-35(53-18-16-43)33(21-28)34-23-31(11-15-36(34)54-19-17-44)39(41(52)47-26(2)40(51)46-25)48(3)38(50)24-45-37(49)22-27-4-7-29(8-5-27)30-9-12-32(42)13-10-30/h4-15,21,23,25-26,39H,16-20,22,24,43-44H2,1-3H3,(H,45,49)(H,46,51)(H,47,52)/t25?,26-,39?/m0/s1. The predicted molar refractivity (Wildman–Crippen MR) is 209 cm³/mol. The van der Waals surface area contributed by atoms with Gasteiger partial charge in [0.25, 0.3) is 0 Å². The van der Waals surface area contributed by atoms with E-state index in [1.165, 1.54) is 11.9 Å². The maximum atomic E-state index is 14.1. The number of likely N-dealkylation sites (N-methyl/N-ethyl adjacent to an activating group) is 1. The molecule has 0 fully saturated rings. The molecule has 5 rings (SSSR count). The number of nitrogens with one attached hydrogen (secondary N) is 3. The van der Waals surface area contributed by atoms with Gasteiger partial charge in [0.2, 0.25) is 23.6 Å². The summed E-state index contributed by atoms with van der Waals surface area (Å²) in [6, 6.07) is 23.6. The van der Waals surface area contributed by atoms with E-state index in [9.17, 15) is 19.2 Å². The van der Waals surface area contributed by atoms with Crippen LogP contribution in [0.25, 0.3) is 22.3 Å². The number of hydrogen-bond acceptors (Lipinski definition) is 8. The number of halogens is 1. The topological polar surface area (TPSA) is 178 Å². The molecule has 12 nitrogen and oxygen atoms in total. The molecule has 13 heteroatoms. The fourth-order valence-corrected chi connectivity index (χ4v) is 6.39. The number of amides is 4. The summed E-state index contributed by atoms with van der Waals surface area (Å²) in [4.78, 5) is 55.2. The molecule has 1 aliphatic rings. The zero-order valence-corrected chi connectivity index (χ0v) is 31.4. The Kier molecular flexibility index (Phi) is 13.7. The highest BCUT2D eigenvalue weighted by Crippen LogP contribution is 2.40. The lowest BCUT2D eigenvalue weighted by atomic mass is 9.94. The second-order valence-electron chi connectivity index (χ2n) is 13.3. The van der Waals surface area contributed by atoms with Crippen molar-refractivity contribution < 1.29 is 28.7 Å². The third-order valence-corrected chi connectivity index (χ3v) is 9.30. The molecule has 0 saturated carbocycles. The SMILES string of the molecule is CC1Cc2ccc(OCCN)c(c2)-c2cc(ccc2OCCN)C(N(C)C(=O)CNC(=O)Cc2ccc(-c3ccc(Cl)cc3)cc2)C(=O)N[C@@H](C)C(=O)N1. The molecule has 4 amide bonds. The number of rotatable bonds is 12. The fraction of sp³-hybridized carbons (Fsp3) is 0.317. The smallest absolute Gasteiger partial charge is 0.248 e. The van der Waals surface area contributed by atoms with Crippen LogP contribution in [0.1, 0.15) is 36.6 Å². The van der Waals surface area contributed by atoms with Crippen LogP contribution in [0, 0.1) is 0 Å². The monoisotopic (exact) mass is 754 g/mol. The van der Waals surface area contributed by atoms with Gasteiger partial charge in [-0.2, -0.15) is 0 Å². The van der Waals surface area contributed by atoms with Gasteiger partial charge in [-0.1, -0.05) is 60.1 Å². The molecule has 0 aliphatic carbocycles. The van der Waals surface area contributed by atoms with Crippen LogP contribution >= 0.6 is 11.6 Å². The van der Waals surface area contributed by atoms with Gasteiger partial charge in [-0.3, -0.25) is 19.2 Å². The van der Waals surface area contributed by atoms with Crippen molar-refractivity contribution >= 4 is 35.2 Å². The highest BCUT2D eigenvalue weighted by molar-refractivity contribution is 6.30. The van der Waals surface area contributed by atoms with E-state index >= 15 is 0 Å². The van der Waals surface area contributed by atoms with Crippen LogP contribution in [0.15, 0.2) is 84.9 Å². The van der Waals surface area contributed by atoms with Crippen LogP contribution in [0.2, 0.25) is 5.02 Å². The lowest BCUT2D eigenvalue weighted by Crippen LogP contribution is -2.52. The van der Waals surface area contributed by atoms with Crippen LogP contribution in [-0.4, -0.2) is 80.5 Å². The van der Waals surface area contributed by atoms with E-state index in [-0.39, 0.29) is 50.6 Å². The van der Waals surface area contributed by atoms with Crippen molar-refractivity contribution in [3.05, 3.63) is 107 Å². The van der Waals surface area contributed by atoms with Gasteiger partial charge < -0.3 is 41.8 Å². The third-order valence-electron chi connectivity index (χ3n) is 9.05. The zero-order valence-electron chi connectivity index (χ0n) is 30.7. The molecule has 4 aromatic rings. The van der Waals surface area contributed by atoms with Crippen molar-refractivity contribution in [3.63, 3.8) is 0 Å². The molecule has 4 aromatic carbocycles. The van der Waals surface area contributed by atoms with Crippen LogP contribution < -0.4 is 36.9 Å². The highest BCUT2D eigenvalue weighted by Gasteiger charge is 2.32. The third kappa shape index (κ3) is 10.2. The van der Waals surface area contributed by atoms with Gasteiger partial charge in [-0.25, -0.2) is 0 Å². The Morgan fingerprint density at radius 3 is 2.04 bits per heavy atom. The molecular formula is C41H47ClN6O6. The van der Waals surface area contributed by atoms with E-state index < -0.39 is 23.9 Å². The van der Waals surface area contributed by atoms with Crippen LogP contribution in [0.4, 0.5) is 0 Å². The molecule has 0 spiro atoms. The molecule has 4 bridgehead atoms. The van der Waals surface area contributed by atoms with Crippen LogP contribution in [0.5, 0.6) is 11.5 Å². The Balaban J connectivity index is 1.42. The summed E-state index contributed by atoms with van der Waals surface area (Å²) >= 11 is 6.01. The van der Waals surface area contributed by atoms with Gasteiger partial charge in [0.05, 0.1) is 13.0 Å². The first-order valence-electron chi connectivity index (χ1n) is 17.9. The Hall–Kier alpha value is -5.43. The first kappa shape index (κ1) is 39.8. The highest BCUT2D eigenvalue weighted by atomic mass is 35.5. The molecule has 7 N–H and O–H groups in total. The fourth-order valence-electron chi connectivity index (χ4n) is 6.26. The molecule has 2 unspecified atom stereocenters. The Morgan fingerprint density at radius 1 is 0.815 bits per heavy atom. The van der Waals surface area contributed by atoms with Gasteiger partial charge in [-0.05, 0) is 84.5 Å². The minimum Gasteiger partial charge on any atom is -0.492 e. The van der Waals surface area contributed by atoms with Crippen molar-refractivity contribution in [1.29, 1.82) is 0 Å². The molecule has 0 radical (unpaired) electrons. The van der Waals surface area contributed by atoms with Crippen molar-refractivity contribution in [2.75, 3.05) is 39.9 Å². The van der Waals surface area contributed by atoms with Crippen molar-refractivity contribution in [1.82, 2.24) is 20.9 Å². The number of ether oxygens (including phenoxy) is 2. The van der Waals surface area contributed by atoms with Crippen molar-refractivity contribution in [2.45, 2.75) is 44.8 Å². The van der Waals surface area contributed by atoms with E-state index in [4.69, 9.17) is 32.5 Å². The molecular weight excluding hydrogens is 708 g/mol. The predicted octanol–water partition coefficient (Wildman–Crippen LogP) is 3.77. The number of carbonyl (C=O) groups is 4. The minimum atomic E-state index is -1.19. The lowest BCUT2D eigenvalue weighted by Gasteiger charge is -2.30. The summed E-state index contributed by atoms with van der Waals surface area (Å²) in [6.07, 6.45) is 0.559. The van der Waals surface area contributed by atoms with Gasteiger partial charge in [0.15, 0.2) is 0 Å². The Bertz CT molecular complexity index is 1950. The number of benzene rings is 4. The van der Waals surface area contributed by atoms with E-state index in [2.05, 4.69) is 16.0 Å². The quantitative estimate of drug-likeness (QED) is 0.145. The van der Waals surface area contributed by atoms with Gasteiger partial charge >= 0.3 is 0 Å². The number of nitrogens with zero attached hydrogens (tertiary/aromatic N) is 1. The maximum Gasteiger partial charge on any atom is 0.248 e. The summed E-state index contributed by atoms with van der Waals surface area (Å²) in [5, 5.41) is 9.10. The number of carbonyl (C=O) groups excluding carboxylic acids is 4. The first-order chi connectivity index (χ1) is 26.0. The molecule has 3 atom stereocenters. The second-order valence-corrected chi connectivity index (χ2v) is 13.7.